The van der Waals surface area contributed by atoms with Crippen LogP contribution in [0.5, 0.6) is 0 Å². The van der Waals surface area contributed by atoms with Gasteiger partial charge in [0.1, 0.15) is 0 Å². The molecule has 1 radical (unpaired) electrons. The van der Waals surface area contributed by atoms with Gasteiger partial charge in [-0.1, -0.05) is 27.7 Å². The van der Waals surface area contributed by atoms with E-state index in [0.717, 1.165) is 11.2 Å². The fraction of sp³-hybridized carbons (Fsp3) is 0.875. The van der Waals surface area contributed by atoms with Crippen molar-refractivity contribution in [1.29, 1.82) is 0 Å². The summed E-state index contributed by atoms with van der Waals surface area (Å²) in [4.78, 5) is 0. The highest BCUT2D eigenvalue weighted by Gasteiger charge is 2.00. The summed E-state index contributed by atoms with van der Waals surface area (Å²) < 4.78 is 0. The van der Waals surface area contributed by atoms with E-state index in [9.17, 15) is 0 Å². The maximum atomic E-state index is 2.31. The Bertz CT molecular complexity index is 59.6. The molecule has 1 unspecified atom stereocenters. The van der Waals surface area contributed by atoms with E-state index in [1.807, 2.05) is 11.8 Å². The molecule has 0 spiro atoms. The van der Waals surface area contributed by atoms with Gasteiger partial charge in [0.25, 0.3) is 0 Å². The molecule has 0 aliphatic carbocycles. The molecular formula is C8H17S. The van der Waals surface area contributed by atoms with Crippen LogP contribution in [0, 0.1) is 11.7 Å². The first kappa shape index (κ1) is 9.35. The Balaban J connectivity index is 3.06. The lowest BCUT2D eigenvalue weighted by atomic mass is 10.3. The molecule has 0 aromatic rings. The van der Waals surface area contributed by atoms with Crippen molar-refractivity contribution in [2.75, 3.05) is 0 Å². The van der Waals surface area contributed by atoms with Crippen LogP contribution in [0.3, 0.4) is 0 Å². The molecule has 0 bridgehead atoms. The van der Waals surface area contributed by atoms with Gasteiger partial charge < -0.3 is 0 Å². The lowest BCUT2D eigenvalue weighted by Crippen LogP contribution is -1.94. The van der Waals surface area contributed by atoms with Crippen LogP contribution in [-0.4, -0.2) is 5.25 Å². The zero-order chi connectivity index (χ0) is 7.28. The summed E-state index contributed by atoms with van der Waals surface area (Å²) in [6.45, 7) is 8.93. The first-order chi connectivity index (χ1) is 4.16. The maximum absolute atomic E-state index is 2.31. The molecule has 1 heteroatoms. The van der Waals surface area contributed by atoms with Gasteiger partial charge >= 0.3 is 0 Å². The Morgan fingerprint density at radius 3 is 2.22 bits per heavy atom. The van der Waals surface area contributed by atoms with E-state index in [-0.39, 0.29) is 0 Å². The van der Waals surface area contributed by atoms with Gasteiger partial charge in [-0.3, -0.25) is 0 Å². The molecule has 0 aliphatic rings. The molecular weight excluding hydrogens is 128 g/mol. The SMILES string of the molecule is CCC(C)S[CH]C(C)C. The molecule has 9 heavy (non-hydrogen) atoms. The lowest BCUT2D eigenvalue weighted by Gasteiger charge is -2.08. The quantitative estimate of drug-likeness (QED) is 0.584. The van der Waals surface area contributed by atoms with Crippen LogP contribution in [0.2, 0.25) is 0 Å². The third kappa shape index (κ3) is 6.23. The zero-order valence-electron chi connectivity index (χ0n) is 6.85. The highest BCUT2D eigenvalue weighted by molar-refractivity contribution is 8.01. The average molecular weight is 145 g/mol. The molecule has 0 fully saturated rings. The van der Waals surface area contributed by atoms with E-state index < -0.39 is 0 Å². The van der Waals surface area contributed by atoms with E-state index in [4.69, 9.17) is 0 Å². The van der Waals surface area contributed by atoms with Crippen molar-refractivity contribution in [2.24, 2.45) is 5.92 Å². The molecule has 0 N–H and O–H groups in total. The number of rotatable bonds is 4. The van der Waals surface area contributed by atoms with E-state index >= 15 is 0 Å². The Kier molecular flexibility index (Phi) is 5.36. The van der Waals surface area contributed by atoms with Crippen LogP contribution < -0.4 is 0 Å². The van der Waals surface area contributed by atoms with Crippen LogP contribution in [0.15, 0.2) is 0 Å². The first-order valence-electron chi connectivity index (χ1n) is 3.65. The van der Waals surface area contributed by atoms with Crippen molar-refractivity contribution >= 4 is 11.8 Å². The molecule has 0 aromatic heterocycles. The van der Waals surface area contributed by atoms with Gasteiger partial charge in [0.05, 0.1) is 0 Å². The van der Waals surface area contributed by atoms with Crippen LogP contribution in [0.4, 0.5) is 0 Å². The molecule has 55 valence electrons. The van der Waals surface area contributed by atoms with Gasteiger partial charge in [-0.05, 0) is 12.3 Å². The van der Waals surface area contributed by atoms with Crippen LogP contribution in [0.25, 0.3) is 0 Å². The van der Waals surface area contributed by atoms with Crippen LogP contribution >= 0.6 is 11.8 Å². The van der Waals surface area contributed by atoms with Gasteiger partial charge in [-0.15, -0.1) is 0 Å². The summed E-state index contributed by atoms with van der Waals surface area (Å²) in [6.07, 6.45) is 1.27. The minimum absolute atomic E-state index is 0.726. The van der Waals surface area contributed by atoms with Gasteiger partial charge in [0.2, 0.25) is 0 Å². The van der Waals surface area contributed by atoms with Crippen LogP contribution in [-0.2, 0) is 0 Å². The van der Waals surface area contributed by atoms with E-state index in [0.29, 0.717) is 0 Å². The summed E-state index contributed by atoms with van der Waals surface area (Å²) in [5, 5.41) is 0.799. The Morgan fingerprint density at radius 2 is 1.89 bits per heavy atom. The standard InChI is InChI=1S/C8H17S/c1-5-8(4)9-6-7(2)3/h6-8H,5H2,1-4H3. The summed E-state index contributed by atoms with van der Waals surface area (Å²) in [5.74, 6) is 3.04. The van der Waals surface area contributed by atoms with Crippen molar-refractivity contribution in [2.45, 2.75) is 39.4 Å². The van der Waals surface area contributed by atoms with Crippen molar-refractivity contribution in [3.8, 4) is 0 Å². The normalized spacial score (nSPS) is 14.3. The van der Waals surface area contributed by atoms with Gasteiger partial charge in [-0.25, -0.2) is 0 Å². The smallest absolute Gasteiger partial charge is 0.0194 e. The predicted octanol–water partition coefficient (Wildman–Crippen LogP) is 3.34. The van der Waals surface area contributed by atoms with Crippen molar-refractivity contribution in [3.05, 3.63) is 5.75 Å². The predicted molar refractivity (Wildman–Crippen MR) is 46.5 cm³/mol. The summed E-state index contributed by atoms with van der Waals surface area (Å²) in [5.41, 5.74) is 0. The second-order valence-corrected chi connectivity index (χ2v) is 4.08. The van der Waals surface area contributed by atoms with Crippen molar-refractivity contribution < 1.29 is 0 Å². The number of thioether (sulfide) groups is 1. The fourth-order valence-electron chi connectivity index (χ4n) is 0.387. The number of hydrogen-bond donors (Lipinski definition) is 0. The molecule has 0 saturated carbocycles. The maximum Gasteiger partial charge on any atom is 0.0194 e. The molecule has 0 heterocycles. The summed E-state index contributed by atoms with van der Waals surface area (Å²) in [7, 11) is 0. The molecule has 0 amide bonds. The average Bonchev–Trinajstić information content (AvgIpc) is 1.83. The largest absolute Gasteiger partial charge is 0.154 e. The second kappa shape index (κ2) is 5.16. The molecule has 0 aliphatic heterocycles. The summed E-state index contributed by atoms with van der Waals surface area (Å²) >= 11 is 1.96. The Morgan fingerprint density at radius 1 is 1.33 bits per heavy atom. The van der Waals surface area contributed by atoms with Crippen molar-refractivity contribution in [3.63, 3.8) is 0 Å². The first-order valence-corrected chi connectivity index (χ1v) is 4.59. The molecule has 1 atom stereocenters. The molecule has 0 nitrogen and oxygen atoms in total. The zero-order valence-corrected chi connectivity index (χ0v) is 7.66. The third-order valence-corrected chi connectivity index (χ3v) is 2.66. The second-order valence-electron chi connectivity index (χ2n) is 2.74. The Hall–Kier alpha value is 0.350. The molecule has 0 saturated heterocycles. The van der Waals surface area contributed by atoms with E-state index in [1.165, 1.54) is 6.42 Å². The summed E-state index contributed by atoms with van der Waals surface area (Å²) in [6, 6.07) is 0. The van der Waals surface area contributed by atoms with Gasteiger partial charge in [-0.2, -0.15) is 11.8 Å². The van der Waals surface area contributed by atoms with E-state index in [1.54, 1.807) is 0 Å². The number of hydrogen-bond acceptors (Lipinski definition) is 1. The van der Waals surface area contributed by atoms with Crippen molar-refractivity contribution in [1.82, 2.24) is 0 Å². The molecule has 0 aromatic carbocycles. The van der Waals surface area contributed by atoms with Gasteiger partial charge in [0.15, 0.2) is 0 Å². The Labute approximate surface area is 63.4 Å². The minimum Gasteiger partial charge on any atom is -0.154 e. The third-order valence-electron chi connectivity index (χ3n) is 1.16. The molecule has 0 rings (SSSR count). The monoisotopic (exact) mass is 145 g/mol. The fourth-order valence-corrected chi connectivity index (χ4v) is 1.16. The van der Waals surface area contributed by atoms with E-state index in [2.05, 4.69) is 33.4 Å². The van der Waals surface area contributed by atoms with Gasteiger partial charge in [0, 0.05) is 11.0 Å². The van der Waals surface area contributed by atoms with Crippen LogP contribution in [0.1, 0.15) is 34.1 Å². The highest BCUT2D eigenvalue weighted by Crippen LogP contribution is 2.20. The highest BCUT2D eigenvalue weighted by atomic mass is 32.2. The lowest BCUT2D eigenvalue weighted by molar-refractivity contribution is 0.805. The minimum atomic E-state index is 0.726. The topological polar surface area (TPSA) is 0 Å².